The third kappa shape index (κ3) is 2.31. The summed E-state index contributed by atoms with van der Waals surface area (Å²) in [5, 5.41) is 0. The molecule has 2 N–H and O–H groups in total. The van der Waals surface area contributed by atoms with Gasteiger partial charge in [0.1, 0.15) is 0 Å². The number of hydrogen-bond acceptors (Lipinski definition) is 2. The summed E-state index contributed by atoms with van der Waals surface area (Å²) < 4.78 is 2.07. The van der Waals surface area contributed by atoms with Crippen LogP contribution in [-0.4, -0.2) is 9.55 Å². The second-order valence-electron chi connectivity index (χ2n) is 4.17. The Morgan fingerprint density at radius 2 is 2.12 bits per heavy atom. The van der Waals surface area contributed by atoms with Crippen LogP contribution < -0.4 is 5.73 Å². The summed E-state index contributed by atoms with van der Waals surface area (Å²) in [6.07, 6.45) is 3.84. The smallest absolute Gasteiger partial charge is 0.0953 e. The largest absolute Gasteiger partial charge is 0.333 e. The maximum Gasteiger partial charge on any atom is 0.0953 e. The molecule has 0 fully saturated rings. The van der Waals surface area contributed by atoms with Crippen LogP contribution in [0.3, 0.4) is 0 Å². The van der Waals surface area contributed by atoms with Crippen molar-refractivity contribution >= 4 is 0 Å². The predicted molar refractivity (Wildman–Crippen MR) is 65.1 cm³/mol. The van der Waals surface area contributed by atoms with Gasteiger partial charge in [-0.05, 0) is 25.0 Å². The summed E-state index contributed by atoms with van der Waals surface area (Å²) in [5.74, 6) is 0. The van der Waals surface area contributed by atoms with E-state index in [0.29, 0.717) is 6.54 Å². The molecule has 2 aromatic rings. The van der Waals surface area contributed by atoms with E-state index in [-0.39, 0.29) is 0 Å². The molecular weight excluding hydrogens is 198 g/mol. The summed E-state index contributed by atoms with van der Waals surface area (Å²) in [6, 6.07) is 6.51. The zero-order chi connectivity index (χ0) is 11.5. The summed E-state index contributed by atoms with van der Waals surface area (Å²) >= 11 is 0. The van der Waals surface area contributed by atoms with Gasteiger partial charge in [-0.2, -0.15) is 0 Å². The summed E-state index contributed by atoms with van der Waals surface area (Å²) in [7, 11) is 0. The van der Waals surface area contributed by atoms with Crippen LogP contribution in [0.1, 0.15) is 22.4 Å². The summed E-state index contributed by atoms with van der Waals surface area (Å²) in [6.45, 7) is 5.61. The highest BCUT2D eigenvalue weighted by molar-refractivity contribution is 5.30. The number of rotatable bonds is 3. The number of benzene rings is 1. The fraction of sp³-hybridized carbons (Fsp3) is 0.308. The Bertz CT molecular complexity index is 486. The summed E-state index contributed by atoms with van der Waals surface area (Å²) in [4.78, 5) is 4.22. The van der Waals surface area contributed by atoms with Crippen molar-refractivity contribution in [3.8, 4) is 0 Å². The number of aromatic nitrogens is 2. The summed E-state index contributed by atoms with van der Waals surface area (Å²) in [5.41, 5.74) is 10.4. The van der Waals surface area contributed by atoms with Crippen molar-refractivity contribution < 1.29 is 0 Å². The molecule has 0 aliphatic rings. The van der Waals surface area contributed by atoms with Gasteiger partial charge in [0.05, 0.1) is 12.0 Å². The second kappa shape index (κ2) is 4.49. The van der Waals surface area contributed by atoms with Crippen molar-refractivity contribution in [3.63, 3.8) is 0 Å². The molecule has 1 heterocycles. The average molecular weight is 215 g/mol. The Balaban J connectivity index is 2.22. The topological polar surface area (TPSA) is 43.8 Å². The third-order valence-corrected chi connectivity index (χ3v) is 2.75. The zero-order valence-electron chi connectivity index (χ0n) is 9.77. The molecule has 0 aliphatic carbocycles. The SMILES string of the molecule is Cc1ccc(C)c(Cn2cnc(CN)c2)c1. The molecule has 0 saturated carbocycles. The van der Waals surface area contributed by atoms with Crippen molar-refractivity contribution in [3.05, 3.63) is 53.1 Å². The molecule has 0 bridgehead atoms. The molecule has 3 nitrogen and oxygen atoms in total. The van der Waals surface area contributed by atoms with Crippen LogP contribution in [0, 0.1) is 13.8 Å². The van der Waals surface area contributed by atoms with E-state index < -0.39 is 0 Å². The fourth-order valence-electron chi connectivity index (χ4n) is 1.77. The molecular formula is C13H17N3. The van der Waals surface area contributed by atoms with E-state index in [4.69, 9.17) is 5.73 Å². The van der Waals surface area contributed by atoms with E-state index >= 15 is 0 Å². The van der Waals surface area contributed by atoms with Gasteiger partial charge in [0.2, 0.25) is 0 Å². The van der Waals surface area contributed by atoms with Crippen LogP contribution in [0.25, 0.3) is 0 Å². The van der Waals surface area contributed by atoms with Crippen LogP contribution >= 0.6 is 0 Å². The van der Waals surface area contributed by atoms with Gasteiger partial charge >= 0.3 is 0 Å². The maximum atomic E-state index is 5.53. The molecule has 1 aromatic heterocycles. The quantitative estimate of drug-likeness (QED) is 0.851. The number of imidazole rings is 1. The minimum Gasteiger partial charge on any atom is -0.333 e. The zero-order valence-corrected chi connectivity index (χ0v) is 9.77. The molecule has 0 saturated heterocycles. The molecule has 3 heteroatoms. The monoisotopic (exact) mass is 215 g/mol. The average Bonchev–Trinajstić information content (AvgIpc) is 2.71. The normalized spacial score (nSPS) is 10.7. The van der Waals surface area contributed by atoms with Crippen LogP contribution in [-0.2, 0) is 13.1 Å². The van der Waals surface area contributed by atoms with E-state index in [1.165, 1.54) is 16.7 Å². The van der Waals surface area contributed by atoms with Crippen molar-refractivity contribution in [2.45, 2.75) is 26.9 Å². The molecule has 0 aliphatic heterocycles. The van der Waals surface area contributed by atoms with Gasteiger partial charge < -0.3 is 10.3 Å². The molecule has 0 atom stereocenters. The van der Waals surface area contributed by atoms with E-state index in [0.717, 1.165) is 12.2 Å². The lowest BCUT2D eigenvalue weighted by Gasteiger charge is -2.07. The number of nitrogens with zero attached hydrogens (tertiary/aromatic N) is 2. The first-order valence-electron chi connectivity index (χ1n) is 5.46. The maximum absolute atomic E-state index is 5.53. The lowest BCUT2D eigenvalue weighted by molar-refractivity contribution is 0.790. The van der Waals surface area contributed by atoms with Gasteiger partial charge in [-0.1, -0.05) is 23.8 Å². The highest BCUT2D eigenvalue weighted by Crippen LogP contribution is 2.12. The molecule has 84 valence electrons. The number of aryl methyl sites for hydroxylation is 2. The molecule has 1 aromatic carbocycles. The van der Waals surface area contributed by atoms with Crippen molar-refractivity contribution in [1.29, 1.82) is 0 Å². The van der Waals surface area contributed by atoms with E-state index in [1.807, 2.05) is 12.5 Å². The molecule has 0 radical (unpaired) electrons. The van der Waals surface area contributed by atoms with Crippen molar-refractivity contribution in [2.24, 2.45) is 5.73 Å². The molecule has 16 heavy (non-hydrogen) atoms. The fourth-order valence-corrected chi connectivity index (χ4v) is 1.77. The van der Waals surface area contributed by atoms with Gasteiger partial charge in [0, 0.05) is 19.3 Å². The molecule has 0 unspecified atom stereocenters. The van der Waals surface area contributed by atoms with Crippen molar-refractivity contribution in [1.82, 2.24) is 9.55 Å². The van der Waals surface area contributed by atoms with E-state index in [2.05, 4.69) is 41.6 Å². The van der Waals surface area contributed by atoms with Gasteiger partial charge in [-0.3, -0.25) is 0 Å². The first-order chi connectivity index (χ1) is 7.69. The van der Waals surface area contributed by atoms with Gasteiger partial charge in [0.25, 0.3) is 0 Å². The Labute approximate surface area is 95.9 Å². The van der Waals surface area contributed by atoms with E-state index in [1.54, 1.807) is 0 Å². The van der Waals surface area contributed by atoms with Crippen LogP contribution in [0.4, 0.5) is 0 Å². The number of nitrogens with two attached hydrogens (primary N) is 1. The Morgan fingerprint density at radius 1 is 1.31 bits per heavy atom. The Morgan fingerprint density at radius 3 is 2.81 bits per heavy atom. The highest BCUT2D eigenvalue weighted by Gasteiger charge is 2.01. The molecule has 0 spiro atoms. The Hall–Kier alpha value is -1.61. The van der Waals surface area contributed by atoms with Crippen molar-refractivity contribution in [2.75, 3.05) is 0 Å². The lowest BCUT2D eigenvalue weighted by Crippen LogP contribution is -2.00. The molecule has 2 rings (SSSR count). The highest BCUT2D eigenvalue weighted by atomic mass is 15.0. The number of hydrogen-bond donors (Lipinski definition) is 1. The predicted octanol–water partition coefficient (Wildman–Crippen LogP) is 2.01. The van der Waals surface area contributed by atoms with Crippen LogP contribution in [0.2, 0.25) is 0 Å². The van der Waals surface area contributed by atoms with Gasteiger partial charge in [-0.15, -0.1) is 0 Å². The van der Waals surface area contributed by atoms with Gasteiger partial charge in [0.15, 0.2) is 0 Å². The van der Waals surface area contributed by atoms with Crippen LogP contribution in [0.5, 0.6) is 0 Å². The second-order valence-corrected chi connectivity index (χ2v) is 4.17. The van der Waals surface area contributed by atoms with E-state index in [9.17, 15) is 0 Å². The minimum absolute atomic E-state index is 0.500. The van der Waals surface area contributed by atoms with Gasteiger partial charge in [-0.25, -0.2) is 4.98 Å². The molecule has 0 amide bonds. The third-order valence-electron chi connectivity index (χ3n) is 2.75. The first-order valence-corrected chi connectivity index (χ1v) is 5.46. The lowest BCUT2D eigenvalue weighted by atomic mass is 10.1. The first kappa shape index (κ1) is 10.9. The Kier molecular flexibility index (Phi) is 3.06. The van der Waals surface area contributed by atoms with Crippen LogP contribution in [0.15, 0.2) is 30.7 Å². The standard InChI is InChI=1S/C13H17N3/c1-10-3-4-11(2)12(5-10)7-16-8-13(6-14)15-9-16/h3-5,8-9H,6-7,14H2,1-2H3. The minimum atomic E-state index is 0.500.